The lowest BCUT2D eigenvalue weighted by atomic mass is 9.51. The predicted molar refractivity (Wildman–Crippen MR) is 75.3 cm³/mol. The number of hydrogen-bond acceptors (Lipinski definition) is 1. The maximum atomic E-state index is 9.99. The second-order valence-electron chi connectivity index (χ2n) is 6.89. The van der Waals surface area contributed by atoms with Crippen molar-refractivity contribution >= 4 is 0 Å². The molecule has 1 fully saturated rings. The zero-order chi connectivity index (χ0) is 12.8. The van der Waals surface area contributed by atoms with Crippen molar-refractivity contribution < 1.29 is 5.11 Å². The zero-order valence-corrected chi connectivity index (χ0v) is 11.9. The maximum absolute atomic E-state index is 9.99. The quantitative estimate of drug-likeness (QED) is 0.681. The van der Waals surface area contributed by atoms with Crippen molar-refractivity contribution in [3.63, 3.8) is 0 Å². The van der Waals surface area contributed by atoms with Crippen LogP contribution in [0.15, 0.2) is 22.8 Å². The van der Waals surface area contributed by atoms with Crippen LogP contribution in [0.4, 0.5) is 0 Å². The minimum Gasteiger partial charge on any atom is -0.395 e. The molecular formula is C17H26O. The third-order valence-corrected chi connectivity index (χ3v) is 5.94. The van der Waals surface area contributed by atoms with Crippen molar-refractivity contribution in [2.75, 3.05) is 6.61 Å². The first-order valence-electron chi connectivity index (χ1n) is 7.63. The molecule has 1 nitrogen and oxygen atoms in total. The van der Waals surface area contributed by atoms with Gasteiger partial charge in [-0.3, -0.25) is 0 Å². The van der Waals surface area contributed by atoms with Crippen molar-refractivity contribution in [1.82, 2.24) is 0 Å². The van der Waals surface area contributed by atoms with Crippen molar-refractivity contribution in [2.45, 2.75) is 65.2 Å². The molecule has 100 valence electrons. The molecule has 3 aliphatic rings. The molecule has 0 spiro atoms. The molecule has 2 atom stereocenters. The second kappa shape index (κ2) is 4.23. The smallest absolute Gasteiger partial charge is 0.0525 e. The molecule has 3 rings (SSSR count). The lowest BCUT2D eigenvalue weighted by Gasteiger charge is -2.54. The molecule has 0 aromatic rings. The Morgan fingerprint density at radius 1 is 1.17 bits per heavy atom. The van der Waals surface area contributed by atoms with E-state index in [4.69, 9.17) is 0 Å². The van der Waals surface area contributed by atoms with Gasteiger partial charge in [-0.25, -0.2) is 0 Å². The van der Waals surface area contributed by atoms with E-state index in [1.807, 2.05) is 0 Å². The SMILES string of the molecule is CC1=C2CCC3(CO)CCCC=C3C2(C)CCC1. The van der Waals surface area contributed by atoms with Gasteiger partial charge < -0.3 is 5.11 Å². The largest absolute Gasteiger partial charge is 0.395 e. The number of fused-ring (bicyclic) bond motifs is 3. The van der Waals surface area contributed by atoms with Crippen LogP contribution in [0.2, 0.25) is 0 Å². The third-order valence-electron chi connectivity index (χ3n) is 5.94. The van der Waals surface area contributed by atoms with E-state index < -0.39 is 0 Å². The molecule has 0 radical (unpaired) electrons. The third kappa shape index (κ3) is 1.56. The van der Waals surface area contributed by atoms with Gasteiger partial charge in [0.05, 0.1) is 6.61 Å². The Morgan fingerprint density at radius 2 is 2.00 bits per heavy atom. The van der Waals surface area contributed by atoms with Gasteiger partial charge in [0.1, 0.15) is 0 Å². The molecule has 1 heteroatoms. The summed E-state index contributed by atoms with van der Waals surface area (Å²) < 4.78 is 0. The van der Waals surface area contributed by atoms with E-state index in [1.54, 1.807) is 16.7 Å². The summed E-state index contributed by atoms with van der Waals surface area (Å²) in [6.07, 6.45) is 12.5. The van der Waals surface area contributed by atoms with Gasteiger partial charge >= 0.3 is 0 Å². The fourth-order valence-electron chi connectivity index (χ4n) is 4.98. The van der Waals surface area contributed by atoms with Crippen LogP contribution >= 0.6 is 0 Å². The van der Waals surface area contributed by atoms with Crippen LogP contribution in [0, 0.1) is 10.8 Å². The van der Waals surface area contributed by atoms with Gasteiger partial charge in [-0.05, 0) is 58.3 Å². The van der Waals surface area contributed by atoms with Gasteiger partial charge in [0.2, 0.25) is 0 Å². The van der Waals surface area contributed by atoms with E-state index in [2.05, 4.69) is 19.9 Å². The molecule has 1 N–H and O–H groups in total. The van der Waals surface area contributed by atoms with Gasteiger partial charge in [-0.1, -0.05) is 29.7 Å². The molecule has 3 aliphatic carbocycles. The Hall–Kier alpha value is -0.560. The van der Waals surface area contributed by atoms with Crippen LogP contribution in [0.3, 0.4) is 0 Å². The summed E-state index contributed by atoms with van der Waals surface area (Å²) in [6.45, 7) is 5.15. The number of aliphatic hydroxyl groups is 1. The van der Waals surface area contributed by atoms with Crippen molar-refractivity contribution in [2.24, 2.45) is 10.8 Å². The second-order valence-corrected chi connectivity index (χ2v) is 6.89. The van der Waals surface area contributed by atoms with Crippen LogP contribution in [-0.4, -0.2) is 11.7 Å². The highest BCUT2D eigenvalue weighted by molar-refractivity contribution is 5.41. The highest BCUT2D eigenvalue weighted by Gasteiger charge is 2.50. The highest BCUT2D eigenvalue weighted by Crippen LogP contribution is 2.61. The van der Waals surface area contributed by atoms with E-state index in [9.17, 15) is 5.11 Å². The zero-order valence-electron chi connectivity index (χ0n) is 11.9. The summed E-state index contributed by atoms with van der Waals surface area (Å²) in [6, 6.07) is 0. The van der Waals surface area contributed by atoms with Gasteiger partial charge in [0.25, 0.3) is 0 Å². The van der Waals surface area contributed by atoms with E-state index in [1.165, 1.54) is 51.4 Å². The molecule has 0 heterocycles. The first-order chi connectivity index (χ1) is 8.62. The number of hydrogen-bond donors (Lipinski definition) is 1. The van der Waals surface area contributed by atoms with Gasteiger partial charge in [0, 0.05) is 10.8 Å². The summed E-state index contributed by atoms with van der Waals surface area (Å²) in [4.78, 5) is 0. The molecule has 0 bridgehead atoms. The van der Waals surface area contributed by atoms with Crippen LogP contribution in [-0.2, 0) is 0 Å². The topological polar surface area (TPSA) is 20.2 Å². The lowest BCUT2D eigenvalue weighted by Crippen LogP contribution is -2.44. The molecule has 18 heavy (non-hydrogen) atoms. The fraction of sp³-hybridized carbons (Fsp3) is 0.765. The van der Waals surface area contributed by atoms with Crippen molar-refractivity contribution in [3.05, 3.63) is 22.8 Å². The Morgan fingerprint density at radius 3 is 2.78 bits per heavy atom. The van der Waals surface area contributed by atoms with Gasteiger partial charge in [-0.15, -0.1) is 0 Å². The summed E-state index contributed by atoms with van der Waals surface area (Å²) in [5.74, 6) is 0. The van der Waals surface area contributed by atoms with Crippen LogP contribution < -0.4 is 0 Å². The molecule has 2 unspecified atom stereocenters. The number of rotatable bonds is 1. The minimum absolute atomic E-state index is 0.133. The monoisotopic (exact) mass is 246 g/mol. The molecule has 0 aromatic heterocycles. The Balaban J connectivity index is 2.11. The molecule has 1 saturated carbocycles. The summed E-state index contributed by atoms with van der Waals surface area (Å²) in [7, 11) is 0. The summed E-state index contributed by atoms with van der Waals surface area (Å²) in [5, 5.41) is 9.99. The van der Waals surface area contributed by atoms with E-state index in [-0.39, 0.29) is 10.8 Å². The van der Waals surface area contributed by atoms with Gasteiger partial charge in [0.15, 0.2) is 0 Å². The maximum Gasteiger partial charge on any atom is 0.0525 e. The van der Waals surface area contributed by atoms with E-state index in [0.717, 1.165) is 0 Å². The van der Waals surface area contributed by atoms with Gasteiger partial charge in [-0.2, -0.15) is 0 Å². The molecule has 0 amide bonds. The minimum atomic E-state index is 0.133. The van der Waals surface area contributed by atoms with Crippen LogP contribution in [0.5, 0.6) is 0 Å². The molecular weight excluding hydrogens is 220 g/mol. The predicted octanol–water partition coefficient (Wildman–Crippen LogP) is 4.38. The average Bonchev–Trinajstić information content (AvgIpc) is 2.38. The Labute approximate surface area is 111 Å². The fourth-order valence-corrected chi connectivity index (χ4v) is 4.98. The number of allylic oxidation sites excluding steroid dienone is 3. The first kappa shape index (κ1) is 12.5. The number of aliphatic hydroxyl groups excluding tert-OH is 1. The average molecular weight is 246 g/mol. The Bertz CT molecular complexity index is 417. The normalized spacial score (nSPS) is 40.1. The van der Waals surface area contributed by atoms with E-state index in [0.29, 0.717) is 6.61 Å². The summed E-state index contributed by atoms with van der Waals surface area (Å²) >= 11 is 0. The van der Waals surface area contributed by atoms with Crippen molar-refractivity contribution in [3.8, 4) is 0 Å². The Kier molecular flexibility index (Phi) is 2.93. The first-order valence-corrected chi connectivity index (χ1v) is 7.63. The van der Waals surface area contributed by atoms with E-state index >= 15 is 0 Å². The molecule has 0 aromatic carbocycles. The lowest BCUT2D eigenvalue weighted by molar-refractivity contribution is 0.0878. The van der Waals surface area contributed by atoms with Crippen molar-refractivity contribution in [1.29, 1.82) is 0 Å². The standard InChI is InChI=1S/C17H26O/c1-13-6-5-9-16(2)14(13)8-11-17(12-18)10-4-3-7-15(16)17/h7,18H,3-6,8-12H2,1-2H3. The summed E-state index contributed by atoms with van der Waals surface area (Å²) in [5.41, 5.74) is 5.37. The highest BCUT2D eigenvalue weighted by atomic mass is 16.3. The van der Waals surface area contributed by atoms with Crippen LogP contribution in [0.1, 0.15) is 65.2 Å². The molecule has 0 aliphatic heterocycles. The molecule has 0 saturated heterocycles. The van der Waals surface area contributed by atoms with Crippen LogP contribution in [0.25, 0.3) is 0 Å².